The molecule has 1 nitrogen and oxygen atoms in total. The minimum absolute atomic E-state index is 1.10. The molecule has 1 heteroatoms. The van der Waals surface area contributed by atoms with Gasteiger partial charge < -0.3 is 4.90 Å². The highest BCUT2D eigenvalue weighted by atomic mass is 15.2. The summed E-state index contributed by atoms with van der Waals surface area (Å²) in [6.45, 7) is 13.1. The van der Waals surface area contributed by atoms with E-state index in [-0.39, 0.29) is 0 Å². The summed E-state index contributed by atoms with van der Waals surface area (Å²) in [5, 5.41) is 0. The summed E-state index contributed by atoms with van der Waals surface area (Å²) < 4.78 is 0. The van der Waals surface area contributed by atoms with Crippen molar-refractivity contribution < 1.29 is 0 Å². The van der Waals surface area contributed by atoms with E-state index >= 15 is 0 Å². The first-order valence-corrected chi connectivity index (χ1v) is 6.01. The average Bonchev–Trinajstić information content (AvgIpc) is 2.69. The Morgan fingerprint density at radius 1 is 1.00 bits per heavy atom. The summed E-state index contributed by atoms with van der Waals surface area (Å²) in [7, 11) is 2.24. The van der Waals surface area contributed by atoms with E-state index in [1.165, 1.54) is 19.5 Å². The van der Waals surface area contributed by atoms with E-state index < -0.39 is 0 Å². The number of likely N-dealkylation sites (tertiary alicyclic amines) is 1. The van der Waals surface area contributed by atoms with Crippen LogP contribution in [0.5, 0.6) is 0 Å². The SMILES string of the molecule is CC.CC.CCC1C2CN(C)CC12. The van der Waals surface area contributed by atoms with E-state index in [4.69, 9.17) is 0 Å². The van der Waals surface area contributed by atoms with Gasteiger partial charge in [0, 0.05) is 13.1 Å². The number of nitrogens with zero attached hydrogens (tertiary/aromatic N) is 1. The molecule has 0 aromatic rings. The van der Waals surface area contributed by atoms with E-state index in [9.17, 15) is 0 Å². The highest BCUT2D eigenvalue weighted by Crippen LogP contribution is 2.52. The molecule has 0 N–H and O–H groups in total. The number of hydrogen-bond acceptors (Lipinski definition) is 1. The van der Waals surface area contributed by atoms with Gasteiger partial charge in [0.05, 0.1) is 0 Å². The minimum Gasteiger partial charge on any atom is -0.306 e. The van der Waals surface area contributed by atoms with Crippen LogP contribution >= 0.6 is 0 Å². The summed E-state index contributed by atoms with van der Waals surface area (Å²) in [6, 6.07) is 0. The molecule has 2 rings (SSSR count). The maximum atomic E-state index is 2.46. The van der Waals surface area contributed by atoms with Gasteiger partial charge in [0.2, 0.25) is 0 Å². The second-order valence-electron chi connectivity index (χ2n) is 3.62. The van der Waals surface area contributed by atoms with Crippen molar-refractivity contribution in [2.75, 3.05) is 20.1 Å². The molecule has 13 heavy (non-hydrogen) atoms. The Morgan fingerprint density at radius 2 is 1.38 bits per heavy atom. The van der Waals surface area contributed by atoms with Crippen molar-refractivity contribution in [3.63, 3.8) is 0 Å². The third-order valence-electron chi connectivity index (χ3n) is 3.03. The molecule has 2 fully saturated rings. The Labute approximate surface area is 84.5 Å². The van der Waals surface area contributed by atoms with Crippen LogP contribution in [0.15, 0.2) is 0 Å². The van der Waals surface area contributed by atoms with Crippen LogP contribution < -0.4 is 0 Å². The van der Waals surface area contributed by atoms with Crippen molar-refractivity contribution in [3.05, 3.63) is 0 Å². The zero-order valence-corrected chi connectivity index (χ0v) is 10.3. The van der Waals surface area contributed by atoms with Crippen molar-refractivity contribution in [1.82, 2.24) is 4.90 Å². The Kier molecular flexibility index (Phi) is 6.40. The molecule has 0 bridgehead atoms. The molecular formula is C12H27N. The lowest BCUT2D eigenvalue weighted by Crippen LogP contribution is -2.18. The van der Waals surface area contributed by atoms with Crippen LogP contribution in [-0.4, -0.2) is 25.0 Å². The van der Waals surface area contributed by atoms with Crippen molar-refractivity contribution >= 4 is 0 Å². The van der Waals surface area contributed by atoms with Gasteiger partial charge in [-0.2, -0.15) is 0 Å². The Bertz CT molecular complexity index is 110. The fraction of sp³-hybridized carbons (Fsp3) is 1.00. The number of piperidine rings is 1. The molecule has 1 aliphatic heterocycles. The molecule has 1 saturated carbocycles. The first kappa shape index (κ1) is 13.0. The summed E-state index contributed by atoms with van der Waals surface area (Å²) in [6.07, 6.45) is 1.42. The van der Waals surface area contributed by atoms with Crippen LogP contribution in [0.1, 0.15) is 41.0 Å². The number of fused-ring (bicyclic) bond motifs is 1. The van der Waals surface area contributed by atoms with E-state index in [1.807, 2.05) is 27.7 Å². The van der Waals surface area contributed by atoms with E-state index in [2.05, 4.69) is 18.9 Å². The maximum Gasteiger partial charge on any atom is 0.00127 e. The summed E-state index contributed by atoms with van der Waals surface area (Å²) >= 11 is 0. The molecule has 0 spiro atoms. The summed E-state index contributed by atoms with van der Waals surface area (Å²) in [5.74, 6) is 3.31. The quantitative estimate of drug-likeness (QED) is 0.606. The predicted molar refractivity (Wildman–Crippen MR) is 61.0 cm³/mol. The standard InChI is InChI=1S/C8H15N.2C2H6/c1-3-6-7-4-9(2)5-8(6)7;2*1-2/h6-8H,3-5H2,1-2H3;2*1-2H3. The molecule has 0 radical (unpaired) electrons. The molecule has 2 atom stereocenters. The van der Waals surface area contributed by atoms with Crippen LogP contribution in [-0.2, 0) is 0 Å². The lowest BCUT2D eigenvalue weighted by atomic mass is 10.2. The fourth-order valence-electron chi connectivity index (χ4n) is 2.47. The predicted octanol–water partition coefficient (Wildman–Crippen LogP) is 3.26. The zero-order chi connectivity index (χ0) is 10.4. The van der Waals surface area contributed by atoms with Crippen LogP contribution in [0.4, 0.5) is 0 Å². The largest absolute Gasteiger partial charge is 0.306 e. The molecular weight excluding hydrogens is 158 g/mol. The van der Waals surface area contributed by atoms with Crippen LogP contribution in [0, 0.1) is 17.8 Å². The second-order valence-corrected chi connectivity index (χ2v) is 3.62. The second kappa shape index (κ2) is 6.42. The molecule has 0 aromatic carbocycles. The Balaban J connectivity index is 0.000000322. The third-order valence-corrected chi connectivity index (χ3v) is 3.03. The fourth-order valence-corrected chi connectivity index (χ4v) is 2.47. The lowest BCUT2D eigenvalue weighted by molar-refractivity contribution is 0.342. The van der Waals surface area contributed by atoms with E-state index in [0.29, 0.717) is 0 Å². The van der Waals surface area contributed by atoms with Gasteiger partial charge in [-0.25, -0.2) is 0 Å². The van der Waals surface area contributed by atoms with Crippen LogP contribution in [0.25, 0.3) is 0 Å². The van der Waals surface area contributed by atoms with Gasteiger partial charge in [0.15, 0.2) is 0 Å². The van der Waals surface area contributed by atoms with E-state index in [0.717, 1.165) is 17.8 Å². The first-order valence-electron chi connectivity index (χ1n) is 6.01. The normalized spacial score (nSPS) is 35.1. The highest BCUT2D eigenvalue weighted by molar-refractivity contribution is 5.03. The number of hydrogen-bond donors (Lipinski definition) is 0. The minimum atomic E-state index is 1.10. The third kappa shape index (κ3) is 2.98. The Hall–Kier alpha value is -0.0400. The topological polar surface area (TPSA) is 3.24 Å². The van der Waals surface area contributed by atoms with Crippen molar-refractivity contribution in [3.8, 4) is 0 Å². The van der Waals surface area contributed by atoms with Gasteiger partial charge in [0.25, 0.3) is 0 Å². The van der Waals surface area contributed by atoms with Crippen molar-refractivity contribution in [1.29, 1.82) is 0 Å². The molecule has 1 saturated heterocycles. The van der Waals surface area contributed by atoms with E-state index in [1.54, 1.807) is 0 Å². The van der Waals surface area contributed by atoms with Crippen molar-refractivity contribution in [2.45, 2.75) is 41.0 Å². The van der Waals surface area contributed by atoms with Gasteiger partial charge in [-0.1, -0.05) is 41.0 Å². The molecule has 0 aromatic heterocycles. The lowest BCUT2D eigenvalue weighted by Gasteiger charge is -2.10. The molecule has 1 aliphatic carbocycles. The maximum absolute atomic E-state index is 2.46. The molecule has 0 amide bonds. The summed E-state index contributed by atoms with van der Waals surface area (Å²) in [5.41, 5.74) is 0. The molecule has 80 valence electrons. The van der Waals surface area contributed by atoms with Gasteiger partial charge in [0.1, 0.15) is 0 Å². The summed E-state index contributed by atoms with van der Waals surface area (Å²) in [4.78, 5) is 2.46. The highest BCUT2D eigenvalue weighted by Gasteiger charge is 2.53. The molecule has 1 heterocycles. The van der Waals surface area contributed by atoms with Gasteiger partial charge in [-0.15, -0.1) is 0 Å². The first-order chi connectivity index (χ1) is 6.33. The average molecular weight is 185 g/mol. The number of rotatable bonds is 1. The van der Waals surface area contributed by atoms with Gasteiger partial charge in [-0.05, 0) is 24.8 Å². The smallest absolute Gasteiger partial charge is 0.00127 e. The van der Waals surface area contributed by atoms with Crippen LogP contribution in [0.2, 0.25) is 0 Å². The van der Waals surface area contributed by atoms with Gasteiger partial charge >= 0.3 is 0 Å². The van der Waals surface area contributed by atoms with Crippen molar-refractivity contribution in [2.24, 2.45) is 17.8 Å². The zero-order valence-electron chi connectivity index (χ0n) is 10.3. The molecule has 2 unspecified atom stereocenters. The molecule has 2 aliphatic rings. The monoisotopic (exact) mass is 185 g/mol. The Morgan fingerprint density at radius 3 is 1.69 bits per heavy atom. The van der Waals surface area contributed by atoms with Crippen LogP contribution in [0.3, 0.4) is 0 Å². The van der Waals surface area contributed by atoms with Gasteiger partial charge in [-0.3, -0.25) is 0 Å².